The minimum absolute atomic E-state index is 0.112. The fourth-order valence-corrected chi connectivity index (χ4v) is 4.84. The van der Waals surface area contributed by atoms with Gasteiger partial charge in [-0.15, -0.1) is 21.5 Å². The van der Waals surface area contributed by atoms with E-state index in [1.54, 1.807) is 18.2 Å². The molecule has 0 fully saturated rings. The van der Waals surface area contributed by atoms with Crippen LogP contribution in [-0.4, -0.2) is 26.4 Å². The molecule has 0 atom stereocenters. The third-order valence-corrected chi connectivity index (χ3v) is 6.47. The van der Waals surface area contributed by atoms with Crippen molar-refractivity contribution in [2.45, 2.75) is 38.8 Å². The van der Waals surface area contributed by atoms with Crippen molar-refractivity contribution in [2.24, 2.45) is 0 Å². The predicted octanol–water partition coefficient (Wildman–Crippen LogP) is 6.32. The Labute approximate surface area is 194 Å². The van der Waals surface area contributed by atoms with Crippen molar-refractivity contribution >= 4 is 23.0 Å². The van der Waals surface area contributed by atoms with Gasteiger partial charge in [-0.2, -0.15) is 8.78 Å². The van der Waals surface area contributed by atoms with Gasteiger partial charge in [0.15, 0.2) is 5.82 Å². The molecule has 0 spiro atoms. The van der Waals surface area contributed by atoms with Crippen molar-refractivity contribution in [2.75, 3.05) is 0 Å². The molecule has 8 heteroatoms. The first kappa shape index (κ1) is 21.5. The van der Waals surface area contributed by atoms with Crippen LogP contribution >= 0.6 is 11.3 Å². The average molecular weight is 465 g/mol. The Bertz CT molecular complexity index is 1270. The fraction of sp³-hybridized carbons (Fsp3) is 0.240. The zero-order valence-corrected chi connectivity index (χ0v) is 18.6. The average Bonchev–Trinajstić information content (AvgIpc) is 3.40. The Morgan fingerprint density at radius 1 is 1.00 bits per heavy atom. The summed E-state index contributed by atoms with van der Waals surface area (Å²) in [6, 6.07) is 16.7. The molecule has 4 aromatic rings. The van der Waals surface area contributed by atoms with Crippen LogP contribution in [0.15, 0.2) is 60.0 Å². The third kappa shape index (κ3) is 4.71. The lowest BCUT2D eigenvalue weighted by molar-refractivity contribution is -0.0499. The van der Waals surface area contributed by atoms with Crippen molar-refractivity contribution in [1.82, 2.24) is 19.7 Å². The van der Waals surface area contributed by atoms with Gasteiger partial charge in [0.1, 0.15) is 16.6 Å². The van der Waals surface area contributed by atoms with Crippen molar-refractivity contribution in [1.29, 1.82) is 0 Å². The number of thiazole rings is 1. The molecule has 0 bridgehead atoms. The van der Waals surface area contributed by atoms with E-state index in [0.717, 1.165) is 59.9 Å². The summed E-state index contributed by atoms with van der Waals surface area (Å²) >= 11 is 1.50. The van der Waals surface area contributed by atoms with Crippen LogP contribution in [0.25, 0.3) is 22.9 Å². The monoisotopic (exact) mass is 464 g/mol. The summed E-state index contributed by atoms with van der Waals surface area (Å²) in [5, 5.41) is 11.7. The lowest BCUT2D eigenvalue weighted by Crippen LogP contribution is -2.07. The zero-order chi connectivity index (χ0) is 22.6. The van der Waals surface area contributed by atoms with E-state index in [1.165, 1.54) is 17.4 Å². The number of benzene rings is 2. The van der Waals surface area contributed by atoms with Crippen molar-refractivity contribution < 1.29 is 13.5 Å². The number of nitrogens with zero attached hydrogens (tertiary/aromatic N) is 4. The minimum atomic E-state index is -2.91. The van der Waals surface area contributed by atoms with E-state index in [4.69, 9.17) is 9.72 Å². The van der Waals surface area contributed by atoms with Gasteiger partial charge < -0.3 is 9.30 Å². The first-order valence-electron chi connectivity index (χ1n) is 10.9. The van der Waals surface area contributed by atoms with Gasteiger partial charge in [-0.1, -0.05) is 55.0 Å². The lowest BCUT2D eigenvalue weighted by Gasteiger charge is -2.11. The van der Waals surface area contributed by atoms with E-state index in [-0.39, 0.29) is 5.75 Å². The number of aryl methyl sites for hydroxylation is 1. The number of hydrogen-bond donors (Lipinski definition) is 0. The maximum atomic E-state index is 13.0. The van der Waals surface area contributed by atoms with Crippen LogP contribution in [0.5, 0.6) is 5.75 Å². The number of alkyl halides is 2. The topological polar surface area (TPSA) is 52.8 Å². The second kappa shape index (κ2) is 9.62. The van der Waals surface area contributed by atoms with Gasteiger partial charge in [-0.25, -0.2) is 4.98 Å². The molecule has 2 aromatic carbocycles. The molecule has 1 aliphatic rings. The number of hydrogen-bond acceptors (Lipinski definition) is 5. The summed E-state index contributed by atoms with van der Waals surface area (Å²) in [5.74, 6) is 1.76. The number of halogens is 2. The van der Waals surface area contributed by atoms with Gasteiger partial charge in [-0.3, -0.25) is 0 Å². The van der Waals surface area contributed by atoms with E-state index in [0.29, 0.717) is 11.4 Å². The molecule has 0 unspecified atom stereocenters. The fourth-order valence-electron chi connectivity index (χ4n) is 4.00. The molecule has 0 N–H and O–H groups in total. The SMILES string of the molecule is FC(F)Oc1ccccc1/C=C(\c1nc(-c2ccccc2)cs1)c1nnc2n1CCCCC2. The Kier molecular flexibility index (Phi) is 6.26. The van der Waals surface area contributed by atoms with Crippen LogP contribution in [0.3, 0.4) is 0 Å². The van der Waals surface area contributed by atoms with Gasteiger partial charge >= 0.3 is 6.61 Å². The quantitative estimate of drug-likeness (QED) is 0.335. The van der Waals surface area contributed by atoms with Crippen molar-refractivity contribution in [3.8, 4) is 17.0 Å². The number of ether oxygens (including phenoxy) is 1. The van der Waals surface area contributed by atoms with E-state index in [2.05, 4.69) is 14.8 Å². The van der Waals surface area contributed by atoms with Gasteiger partial charge in [0.05, 0.1) is 11.3 Å². The summed E-state index contributed by atoms with van der Waals surface area (Å²) < 4.78 is 32.9. The van der Waals surface area contributed by atoms with E-state index >= 15 is 0 Å². The van der Waals surface area contributed by atoms with Crippen LogP contribution in [0, 0.1) is 0 Å². The first-order valence-corrected chi connectivity index (χ1v) is 11.8. The first-order chi connectivity index (χ1) is 16.2. The second-order valence-corrected chi connectivity index (χ2v) is 8.64. The molecule has 0 aliphatic carbocycles. The van der Waals surface area contributed by atoms with Crippen LogP contribution in [-0.2, 0) is 13.0 Å². The summed E-state index contributed by atoms with van der Waals surface area (Å²) in [4.78, 5) is 4.88. The van der Waals surface area contributed by atoms with Gasteiger partial charge in [-0.05, 0) is 25.0 Å². The molecule has 1 aliphatic heterocycles. The highest BCUT2D eigenvalue weighted by Crippen LogP contribution is 2.34. The summed E-state index contributed by atoms with van der Waals surface area (Å²) in [5.41, 5.74) is 3.15. The summed E-state index contributed by atoms with van der Waals surface area (Å²) in [6.45, 7) is -2.09. The molecule has 3 heterocycles. The highest BCUT2D eigenvalue weighted by molar-refractivity contribution is 7.11. The number of para-hydroxylation sites is 1. The Balaban J connectivity index is 1.64. The molecular weight excluding hydrogens is 442 g/mol. The minimum Gasteiger partial charge on any atom is -0.434 e. The molecule has 0 amide bonds. The van der Waals surface area contributed by atoms with Crippen molar-refractivity contribution in [3.63, 3.8) is 0 Å². The van der Waals surface area contributed by atoms with Crippen LogP contribution in [0.4, 0.5) is 8.78 Å². The van der Waals surface area contributed by atoms with Crippen LogP contribution in [0.1, 0.15) is 41.5 Å². The van der Waals surface area contributed by atoms with E-state index in [9.17, 15) is 8.78 Å². The van der Waals surface area contributed by atoms with Gasteiger partial charge in [0.2, 0.25) is 0 Å². The molecule has 33 heavy (non-hydrogen) atoms. The largest absolute Gasteiger partial charge is 0.434 e. The Hall–Kier alpha value is -3.39. The lowest BCUT2D eigenvalue weighted by atomic mass is 10.1. The number of rotatable bonds is 6. The van der Waals surface area contributed by atoms with E-state index < -0.39 is 6.61 Å². The van der Waals surface area contributed by atoms with E-state index in [1.807, 2.05) is 41.8 Å². The predicted molar refractivity (Wildman–Crippen MR) is 125 cm³/mol. The van der Waals surface area contributed by atoms with Gasteiger partial charge in [0, 0.05) is 29.5 Å². The van der Waals surface area contributed by atoms with Crippen LogP contribution < -0.4 is 4.74 Å². The molecule has 168 valence electrons. The molecule has 5 rings (SSSR count). The summed E-state index contributed by atoms with van der Waals surface area (Å²) in [6.07, 6.45) is 5.97. The summed E-state index contributed by atoms with van der Waals surface area (Å²) in [7, 11) is 0. The van der Waals surface area contributed by atoms with Crippen LogP contribution in [0.2, 0.25) is 0 Å². The zero-order valence-electron chi connectivity index (χ0n) is 17.8. The molecule has 0 saturated heterocycles. The second-order valence-electron chi connectivity index (χ2n) is 7.78. The van der Waals surface area contributed by atoms with Gasteiger partial charge in [0.25, 0.3) is 0 Å². The standard InChI is InChI=1S/C25H22F2N4OS/c26-25(27)32-21-12-7-6-11-18(21)15-19(23-30-29-22-13-5-2-8-14-31(22)23)24-28-20(16-33-24)17-9-3-1-4-10-17/h1,3-4,6-7,9-12,15-16,25H,2,5,8,13-14H2/b19-15-. The maximum Gasteiger partial charge on any atom is 0.387 e. The smallest absolute Gasteiger partial charge is 0.387 e. The molecule has 0 radical (unpaired) electrons. The number of aromatic nitrogens is 4. The highest BCUT2D eigenvalue weighted by Gasteiger charge is 2.22. The van der Waals surface area contributed by atoms with Crippen molar-refractivity contribution in [3.05, 3.63) is 82.2 Å². The Morgan fingerprint density at radius 2 is 1.82 bits per heavy atom. The number of fused-ring (bicyclic) bond motifs is 1. The molecular formula is C25H22F2N4OS. The molecule has 5 nitrogen and oxygen atoms in total. The normalized spacial score (nSPS) is 14.2. The maximum absolute atomic E-state index is 13.0. The molecule has 0 saturated carbocycles. The highest BCUT2D eigenvalue weighted by atomic mass is 32.1. The Morgan fingerprint density at radius 3 is 2.67 bits per heavy atom. The molecule has 2 aromatic heterocycles. The third-order valence-electron chi connectivity index (χ3n) is 5.59.